The van der Waals surface area contributed by atoms with Crippen molar-refractivity contribution < 1.29 is 14.4 Å². The van der Waals surface area contributed by atoms with Crippen LogP contribution in [0.5, 0.6) is 0 Å². The van der Waals surface area contributed by atoms with Crippen molar-refractivity contribution in [3.05, 3.63) is 34.9 Å². The number of urea groups is 1. The summed E-state index contributed by atoms with van der Waals surface area (Å²) in [6.07, 6.45) is 7.99. The minimum absolute atomic E-state index is 0.0168. The number of carbonyl (C=O) groups excluding carboxylic acids is 3. The van der Waals surface area contributed by atoms with Gasteiger partial charge in [-0.05, 0) is 48.3 Å². The van der Waals surface area contributed by atoms with Crippen molar-refractivity contribution in [1.29, 1.82) is 0 Å². The van der Waals surface area contributed by atoms with Crippen LogP contribution in [0.2, 0.25) is 0 Å². The fraction of sp³-hybridized carbons (Fsp3) is 0.450. The normalized spacial score (nSPS) is 26.4. The van der Waals surface area contributed by atoms with Crippen LogP contribution in [0, 0.1) is 24.2 Å². The maximum atomic E-state index is 12.6. The summed E-state index contributed by atoms with van der Waals surface area (Å²) in [6.45, 7) is 4.06. The van der Waals surface area contributed by atoms with Crippen molar-refractivity contribution in [2.45, 2.75) is 45.1 Å². The van der Waals surface area contributed by atoms with E-state index < -0.39 is 17.5 Å². The molecule has 130 valence electrons. The zero-order valence-electron chi connectivity index (χ0n) is 14.5. The van der Waals surface area contributed by atoms with E-state index in [4.69, 9.17) is 6.42 Å². The number of ketones is 1. The Balaban J connectivity index is 1.79. The first-order chi connectivity index (χ1) is 11.9. The predicted molar refractivity (Wildman–Crippen MR) is 94.0 cm³/mol. The first-order valence-corrected chi connectivity index (χ1v) is 8.65. The van der Waals surface area contributed by atoms with Crippen LogP contribution in [-0.4, -0.2) is 23.3 Å². The van der Waals surface area contributed by atoms with Crippen LogP contribution >= 0.6 is 0 Å². The Morgan fingerprint density at radius 1 is 1.32 bits per heavy atom. The SMILES string of the molecule is C#CC1(CC(C)C2CC(=O)c3cc(CC)ccc3C2)NC(=O)NC1=O. The van der Waals surface area contributed by atoms with Gasteiger partial charge in [-0.2, -0.15) is 0 Å². The number of hydrogen-bond donors (Lipinski definition) is 2. The molecular formula is C20H22N2O3. The lowest BCUT2D eigenvalue weighted by Gasteiger charge is -2.32. The zero-order valence-corrected chi connectivity index (χ0v) is 14.5. The molecule has 2 N–H and O–H groups in total. The molecule has 1 aromatic carbocycles. The molecule has 3 amide bonds. The summed E-state index contributed by atoms with van der Waals surface area (Å²) in [6, 6.07) is 5.53. The van der Waals surface area contributed by atoms with Crippen LogP contribution in [0.3, 0.4) is 0 Å². The highest BCUT2D eigenvalue weighted by atomic mass is 16.2. The van der Waals surface area contributed by atoms with Crippen LogP contribution in [0.4, 0.5) is 4.79 Å². The standard InChI is InChI=1S/C20H22N2O3/c1-4-13-6-7-14-9-15(10-17(23)16(14)8-13)12(3)11-20(5-2)18(24)21-19(25)22-20/h2,6-8,12,15H,4,9-11H2,1,3H3,(H2,21,22,24,25). The Labute approximate surface area is 147 Å². The number of hydrogen-bond acceptors (Lipinski definition) is 3. The van der Waals surface area contributed by atoms with Crippen LogP contribution in [0.1, 0.15) is 48.2 Å². The summed E-state index contributed by atoms with van der Waals surface area (Å²) in [5, 5.41) is 4.77. The Kier molecular flexibility index (Phi) is 4.38. The number of carbonyl (C=O) groups is 3. The summed E-state index contributed by atoms with van der Waals surface area (Å²) < 4.78 is 0. The molecule has 0 bridgehead atoms. The molecule has 3 rings (SSSR count). The van der Waals surface area contributed by atoms with E-state index in [-0.39, 0.29) is 17.6 Å². The molecule has 0 aromatic heterocycles. The van der Waals surface area contributed by atoms with Crippen LogP contribution in [-0.2, 0) is 17.6 Å². The lowest BCUT2D eigenvalue weighted by atomic mass is 9.73. The Morgan fingerprint density at radius 3 is 2.68 bits per heavy atom. The molecule has 25 heavy (non-hydrogen) atoms. The minimum atomic E-state index is -1.31. The van der Waals surface area contributed by atoms with Gasteiger partial charge in [0.15, 0.2) is 11.3 Å². The molecule has 1 heterocycles. The fourth-order valence-electron chi connectivity index (χ4n) is 3.83. The number of Topliss-reactive ketones (excluding diaryl/α,β-unsaturated/α-hetero) is 1. The van der Waals surface area contributed by atoms with Gasteiger partial charge in [0, 0.05) is 12.0 Å². The lowest BCUT2D eigenvalue weighted by Crippen LogP contribution is -2.47. The summed E-state index contributed by atoms with van der Waals surface area (Å²) >= 11 is 0. The van der Waals surface area contributed by atoms with E-state index in [1.807, 2.05) is 19.1 Å². The van der Waals surface area contributed by atoms with Crippen molar-refractivity contribution in [1.82, 2.24) is 10.6 Å². The van der Waals surface area contributed by atoms with Crippen LogP contribution in [0.15, 0.2) is 18.2 Å². The summed E-state index contributed by atoms with van der Waals surface area (Å²) in [5.74, 6) is 2.22. The van der Waals surface area contributed by atoms with E-state index in [0.29, 0.717) is 12.8 Å². The van der Waals surface area contributed by atoms with Crippen molar-refractivity contribution >= 4 is 17.7 Å². The third kappa shape index (κ3) is 3.05. The largest absolute Gasteiger partial charge is 0.323 e. The van der Waals surface area contributed by atoms with E-state index in [1.54, 1.807) is 0 Å². The highest BCUT2D eigenvalue weighted by Gasteiger charge is 2.47. The Bertz CT molecular complexity index is 793. The number of benzene rings is 1. The van der Waals surface area contributed by atoms with Gasteiger partial charge in [-0.3, -0.25) is 14.9 Å². The van der Waals surface area contributed by atoms with Gasteiger partial charge in [0.05, 0.1) is 0 Å². The van der Waals surface area contributed by atoms with E-state index in [2.05, 4.69) is 29.5 Å². The third-order valence-electron chi connectivity index (χ3n) is 5.43. The first kappa shape index (κ1) is 17.2. The molecule has 1 aliphatic heterocycles. The molecule has 3 unspecified atom stereocenters. The van der Waals surface area contributed by atoms with Gasteiger partial charge in [0.2, 0.25) is 0 Å². The number of fused-ring (bicyclic) bond motifs is 1. The summed E-state index contributed by atoms with van der Waals surface area (Å²) in [4.78, 5) is 36.1. The van der Waals surface area contributed by atoms with E-state index in [9.17, 15) is 14.4 Å². The molecule has 1 aromatic rings. The monoisotopic (exact) mass is 338 g/mol. The molecule has 0 radical (unpaired) electrons. The summed E-state index contributed by atoms with van der Waals surface area (Å²) in [5.41, 5.74) is 1.72. The Morgan fingerprint density at radius 2 is 2.08 bits per heavy atom. The van der Waals surface area contributed by atoms with Gasteiger partial charge < -0.3 is 5.32 Å². The van der Waals surface area contributed by atoms with Gasteiger partial charge in [-0.25, -0.2) is 4.79 Å². The quantitative estimate of drug-likeness (QED) is 0.653. The van der Waals surface area contributed by atoms with Gasteiger partial charge in [0.1, 0.15) is 0 Å². The second kappa shape index (κ2) is 6.36. The molecule has 5 heteroatoms. The van der Waals surface area contributed by atoms with E-state index in [1.165, 1.54) is 0 Å². The average molecular weight is 338 g/mol. The average Bonchev–Trinajstić information content (AvgIpc) is 2.88. The van der Waals surface area contributed by atoms with Gasteiger partial charge in [-0.1, -0.05) is 31.9 Å². The molecule has 1 aliphatic carbocycles. The highest BCUT2D eigenvalue weighted by Crippen LogP contribution is 2.35. The number of terminal acetylenes is 1. The third-order valence-corrected chi connectivity index (χ3v) is 5.43. The number of aryl methyl sites for hydroxylation is 1. The number of amides is 3. The van der Waals surface area contributed by atoms with E-state index in [0.717, 1.165) is 29.5 Å². The van der Waals surface area contributed by atoms with Crippen LogP contribution < -0.4 is 10.6 Å². The number of nitrogens with one attached hydrogen (secondary N) is 2. The van der Waals surface area contributed by atoms with Gasteiger partial charge in [-0.15, -0.1) is 6.42 Å². The second-order valence-electron chi connectivity index (χ2n) is 7.08. The molecule has 0 spiro atoms. The molecule has 1 saturated heterocycles. The van der Waals surface area contributed by atoms with Gasteiger partial charge >= 0.3 is 6.03 Å². The second-order valence-corrected chi connectivity index (χ2v) is 7.08. The molecule has 3 atom stereocenters. The van der Waals surface area contributed by atoms with Crippen molar-refractivity contribution in [2.24, 2.45) is 11.8 Å². The topological polar surface area (TPSA) is 75.3 Å². The molecule has 0 saturated carbocycles. The predicted octanol–water partition coefficient (Wildman–Crippen LogP) is 2.23. The zero-order chi connectivity index (χ0) is 18.2. The summed E-state index contributed by atoms with van der Waals surface area (Å²) in [7, 11) is 0. The Hall–Kier alpha value is -2.61. The van der Waals surface area contributed by atoms with E-state index >= 15 is 0 Å². The molecule has 5 nitrogen and oxygen atoms in total. The van der Waals surface area contributed by atoms with Crippen molar-refractivity contribution in [3.63, 3.8) is 0 Å². The smallest absolute Gasteiger partial charge is 0.313 e. The minimum Gasteiger partial charge on any atom is -0.313 e. The highest BCUT2D eigenvalue weighted by molar-refractivity contribution is 6.09. The first-order valence-electron chi connectivity index (χ1n) is 8.65. The van der Waals surface area contributed by atoms with Gasteiger partial charge in [0.25, 0.3) is 5.91 Å². The molecular weight excluding hydrogens is 316 g/mol. The number of imide groups is 1. The maximum absolute atomic E-state index is 12.6. The van der Waals surface area contributed by atoms with Crippen molar-refractivity contribution in [3.8, 4) is 12.3 Å². The lowest BCUT2D eigenvalue weighted by molar-refractivity contribution is -0.122. The maximum Gasteiger partial charge on any atom is 0.323 e. The molecule has 2 aliphatic rings. The number of rotatable bonds is 4. The van der Waals surface area contributed by atoms with Crippen LogP contribution in [0.25, 0.3) is 0 Å². The molecule has 1 fully saturated rings. The van der Waals surface area contributed by atoms with Crippen molar-refractivity contribution in [2.75, 3.05) is 0 Å². The fourth-order valence-corrected chi connectivity index (χ4v) is 3.83.